The first kappa shape index (κ1) is 15.3. The molecule has 0 unspecified atom stereocenters. The van der Waals surface area contributed by atoms with E-state index in [4.69, 9.17) is 0 Å². The van der Waals surface area contributed by atoms with Gasteiger partial charge in [-0.1, -0.05) is 12.8 Å². The van der Waals surface area contributed by atoms with Gasteiger partial charge in [-0.3, -0.25) is 10.1 Å². The van der Waals surface area contributed by atoms with Crippen LogP contribution in [0.3, 0.4) is 0 Å². The Morgan fingerprint density at radius 3 is 2.27 bits per heavy atom. The number of nitro benzene ring substituents is 1. The molecule has 22 heavy (non-hydrogen) atoms. The van der Waals surface area contributed by atoms with Crippen molar-refractivity contribution in [1.82, 2.24) is 0 Å². The number of benzene rings is 1. The molecule has 0 amide bonds. The number of anilines is 1. The molecule has 1 aliphatic heterocycles. The van der Waals surface area contributed by atoms with Crippen molar-refractivity contribution in [3.8, 4) is 0 Å². The maximum absolute atomic E-state index is 12.1. The van der Waals surface area contributed by atoms with E-state index in [-0.39, 0.29) is 10.6 Å². The van der Waals surface area contributed by atoms with Gasteiger partial charge in [0.05, 0.1) is 15.5 Å². The zero-order chi connectivity index (χ0) is 15.9. The summed E-state index contributed by atoms with van der Waals surface area (Å²) in [4.78, 5) is 12.5. The molecule has 7 heteroatoms. The number of nitrogens with zero attached hydrogens (tertiary/aromatic N) is 2. The van der Waals surface area contributed by atoms with Gasteiger partial charge in [0.2, 0.25) is 0 Å². The van der Waals surface area contributed by atoms with Crippen LogP contribution in [-0.2, 0) is 9.84 Å². The van der Waals surface area contributed by atoms with E-state index >= 15 is 0 Å². The fraction of sp³-hybridized carbons (Fsp3) is 0.600. The summed E-state index contributed by atoms with van der Waals surface area (Å²) in [6, 6.07) is 4.17. The van der Waals surface area contributed by atoms with Crippen LogP contribution in [0.15, 0.2) is 23.1 Å². The molecule has 0 N–H and O–H groups in total. The van der Waals surface area contributed by atoms with Crippen LogP contribution in [0.5, 0.6) is 0 Å². The second-order valence-electron chi connectivity index (χ2n) is 6.39. The zero-order valence-corrected chi connectivity index (χ0v) is 13.4. The maximum atomic E-state index is 12.1. The molecule has 2 atom stereocenters. The second kappa shape index (κ2) is 5.53. The molecule has 1 saturated heterocycles. The quantitative estimate of drug-likeness (QED) is 0.630. The first-order valence-electron chi connectivity index (χ1n) is 7.59. The normalized spacial score (nSPS) is 25.0. The minimum atomic E-state index is -3.51. The molecule has 0 spiro atoms. The SMILES string of the molecule is CS(=O)(=O)c1cc([N+](=O)[O-])ccc1N1C[C@@H]2CCCC[C@H]2C1. The molecule has 6 nitrogen and oxygen atoms in total. The van der Waals surface area contributed by atoms with Gasteiger partial charge >= 0.3 is 0 Å². The average Bonchev–Trinajstić information content (AvgIpc) is 2.89. The van der Waals surface area contributed by atoms with E-state index in [1.54, 1.807) is 6.07 Å². The number of non-ortho nitro benzene ring substituents is 1. The van der Waals surface area contributed by atoms with Crippen LogP contribution < -0.4 is 4.90 Å². The lowest BCUT2D eigenvalue weighted by molar-refractivity contribution is -0.385. The Morgan fingerprint density at radius 1 is 1.18 bits per heavy atom. The van der Waals surface area contributed by atoms with Crippen LogP contribution in [0.1, 0.15) is 25.7 Å². The summed E-state index contributed by atoms with van der Waals surface area (Å²) < 4.78 is 24.1. The van der Waals surface area contributed by atoms with E-state index in [9.17, 15) is 18.5 Å². The lowest BCUT2D eigenvalue weighted by atomic mass is 9.82. The molecule has 2 fully saturated rings. The average molecular weight is 324 g/mol. The van der Waals surface area contributed by atoms with Gasteiger partial charge in [0.1, 0.15) is 0 Å². The van der Waals surface area contributed by atoms with Crippen molar-refractivity contribution in [1.29, 1.82) is 0 Å². The van der Waals surface area contributed by atoms with Gasteiger partial charge in [0.15, 0.2) is 9.84 Å². The largest absolute Gasteiger partial charge is 0.370 e. The molecular weight excluding hydrogens is 304 g/mol. The molecule has 0 aromatic heterocycles. The molecule has 1 aromatic carbocycles. The highest BCUT2D eigenvalue weighted by molar-refractivity contribution is 7.90. The second-order valence-corrected chi connectivity index (χ2v) is 8.38. The van der Waals surface area contributed by atoms with Crippen molar-refractivity contribution < 1.29 is 13.3 Å². The van der Waals surface area contributed by atoms with Crippen molar-refractivity contribution >= 4 is 21.2 Å². The van der Waals surface area contributed by atoms with E-state index in [1.165, 1.54) is 37.8 Å². The van der Waals surface area contributed by atoms with Crippen LogP contribution in [0.25, 0.3) is 0 Å². The Labute approximate surface area is 130 Å². The fourth-order valence-electron chi connectivity index (χ4n) is 3.78. The van der Waals surface area contributed by atoms with Gasteiger partial charge in [-0.15, -0.1) is 0 Å². The number of fused-ring (bicyclic) bond motifs is 1. The first-order chi connectivity index (χ1) is 10.4. The molecule has 1 heterocycles. The Bertz CT molecular complexity index is 687. The molecule has 0 bridgehead atoms. The van der Waals surface area contributed by atoms with E-state index in [2.05, 4.69) is 4.90 Å². The summed E-state index contributed by atoms with van der Waals surface area (Å²) in [7, 11) is -3.51. The highest BCUT2D eigenvalue weighted by atomic mass is 32.2. The van der Waals surface area contributed by atoms with Gasteiger partial charge < -0.3 is 4.90 Å². The van der Waals surface area contributed by atoms with Gasteiger partial charge in [-0.25, -0.2) is 8.42 Å². The molecule has 0 radical (unpaired) electrons. The first-order valence-corrected chi connectivity index (χ1v) is 9.49. The summed E-state index contributed by atoms with van der Waals surface area (Å²) in [6.07, 6.45) is 5.99. The lowest BCUT2D eigenvalue weighted by Gasteiger charge is -2.22. The standard InChI is InChI=1S/C15H20N2O4S/c1-22(20,21)15-8-13(17(18)19)6-7-14(15)16-9-11-4-2-3-5-12(11)10-16/h6-8,11-12H,2-5,9-10H2,1H3/t11-,12-/m0/s1. The maximum Gasteiger partial charge on any atom is 0.270 e. The minimum absolute atomic E-state index is 0.0698. The van der Waals surface area contributed by atoms with Crippen LogP contribution >= 0.6 is 0 Å². The number of hydrogen-bond acceptors (Lipinski definition) is 5. The molecule has 120 valence electrons. The van der Waals surface area contributed by atoms with E-state index in [1.807, 2.05) is 0 Å². The Balaban J connectivity index is 1.98. The highest BCUT2D eigenvalue weighted by Gasteiger charge is 2.36. The monoisotopic (exact) mass is 324 g/mol. The van der Waals surface area contributed by atoms with Gasteiger partial charge in [-0.2, -0.15) is 0 Å². The third-order valence-electron chi connectivity index (χ3n) is 4.87. The zero-order valence-electron chi connectivity index (χ0n) is 12.6. The smallest absolute Gasteiger partial charge is 0.270 e. The Kier molecular flexibility index (Phi) is 3.84. The third-order valence-corrected chi connectivity index (χ3v) is 6.00. The van der Waals surface area contributed by atoms with Crippen molar-refractivity contribution in [2.75, 3.05) is 24.2 Å². The third kappa shape index (κ3) is 2.82. The topological polar surface area (TPSA) is 80.5 Å². The summed E-state index contributed by atoms with van der Waals surface area (Å²) in [5, 5.41) is 10.9. The van der Waals surface area contributed by atoms with Crippen molar-refractivity contribution in [3.63, 3.8) is 0 Å². The molecule has 1 aromatic rings. The van der Waals surface area contributed by atoms with Crippen molar-refractivity contribution in [3.05, 3.63) is 28.3 Å². The van der Waals surface area contributed by atoms with E-state index in [0.29, 0.717) is 17.5 Å². The summed E-state index contributed by atoms with van der Waals surface area (Å²) in [5.74, 6) is 1.24. The lowest BCUT2D eigenvalue weighted by Crippen LogP contribution is -2.22. The number of nitro groups is 1. The predicted molar refractivity (Wildman–Crippen MR) is 83.9 cm³/mol. The number of hydrogen-bond donors (Lipinski definition) is 0. The summed E-state index contributed by atoms with van der Waals surface area (Å²) >= 11 is 0. The Hall–Kier alpha value is -1.63. The van der Waals surface area contributed by atoms with E-state index < -0.39 is 14.8 Å². The predicted octanol–water partition coefficient (Wildman–Crippen LogP) is 2.62. The van der Waals surface area contributed by atoms with E-state index in [0.717, 1.165) is 19.3 Å². The fourth-order valence-corrected chi connectivity index (χ4v) is 4.69. The molecule has 2 aliphatic rings. The number of sulfone groups is 1. The highest BCUT2D eigenvalue weighted by Crippen LogP contribution is 2.40. The molecular formula is C15H20N2O4S. The summed E-state index contributed by atoms with van der Waals surface area (Å²) in [5.41, 5.74) is 0.434. The van der Waals surface area contributed by atoms with Crippen molar-refractivity contribution in [2.24, 2.45) is 11.8 Å². The van der Waals surface area contributed by atoms with Crippen LogP contribution in [0.4, 0.5) is 11.4 Å². The molecule has 3 rings (SSSR count). The van der Waals surface area contributed by atoms with Crippen LogP contribution in [0.2, 0.25) is 0 Å². The van der Waals surface area contributed by atoms with Gasteiger partial charge in [0.25, 0.3) is 5.69 Å². The van der Waals surface area contributed by atoms with Crippen molar-refractivity contribution in [2.45, 2.75) is 30.6 Å². The Morgan fingerprint density at radius 2 is 1.77 bits per heavy atom. The van der Waals surface area contributed by atoms with Gasteiger partial charge in [-0.05, 0) is 30.7 Å². The molecule has 1 saturated carbocycles. The van der Waals surface area contributed by atoms with Crippen LogP contribution in [0, 0.1) is 22.0 Å². The molecule has 1 aliphatic carbocycles. The number of rotatable bonds is 3. The van der Waals surface area contributed by atoms with Crippen LogP contribution in [-0.4, -0.2) is 32.7 Å². The minimum Gasteiger partial charge on any atom is -0.370 e. The summed E-state index contributed by atoms with van der Waals surface area (Å²) in [6.45, 7) is 1.70. The van der Waals surface area contributed by atoms with Gasteiger partial charge in [0, 0.05) is 31.5 Å².